The molecule has 0 fully saturated rings. The van der Waals surface area contributed by atoms with Crippen LogP contribution in [-0.2, 0) is 14.3 Å². The molecule has 1 N–H and O–H groups in total. The second kappa shape index (κ2) is 10.1. The lowest BCUT2D eigenvalue weighted by molar-refractivity contribution is -0.137. The maximum atomic E-state index is 13.3. The number of hydrogen-bond acceptors (Lipinski definition) is 8. The van der Waals surface area contributed by atoms with Crippen molar-refractivity contribution in [1.29, 1.82) is 0 Å². The predicted molar refractivity (Wildman–Crippen MR) is 118 cm³/mol. The number of nitrogens with zero attached hydrogens (tertiary/aromatic N) is 1. The number of rotatable bonds is 10. The number of carbonyl (C=O) groups is 2. The maximum Gasteiger partial charge on any atom is 0.278 e. The number of anilines is 1. The van der Waals surface area contributed by atoms with E-state index in [2.05, 4.69) is 5.32 Å². The molecule has 0 aromatic heterocycles. The molecular weight excluding hydrogens is 416 g/mol. The highest BCUT2D eigenvalue weighted by molar-refractivity contribution is 6.36. The van der Waals surface area contributed by atoms with E-state index in [1.165, 1.54) is 28.4 Å². The summed E-state index contributed by atoms with van der Waals surface area (Å²) in [4.78, 5) is 27.6. The number of ether oxygens (including phenoxy) is 5. The molecule has 2 aromatic rings. The third kappa shape index (κ3) is 4.33. The lowest BCUT2D eigenvalue weighted by atomic mass is 10.0. The van der Waals surface area contributed by atoms with Gasteiger partial charge in [0.2, 0.25) is 0 Å². The number of nitrogens with one attached hydrogen (secondary N) is 1. The minimum absolute atomic E-state index is 0.121. The van der Waals surface area contributed by atoms with Gasteiger partial charge in [0.1, 0.15) is 17.2 Å². The summed E-state index contributed by atoms with van der Waals surface area (Å²) in [6.45, 7) is 0.339. The van der Waals surface area contributed by atoms with Gasteiger partial charge in [-0.3, -0.25) is 14.5 Å². The molecule has 0 saturated carbocycles. The van der Waals surface area contributed by atoms with Gasteiger partial charge in [0, 0.05) is 13.2 Å². The number of imide groups is 1. The Morgan fingerprint density at radius 2 is 1.50 bits per heavy atom. The van der Waals surface area contributed by atoms with Crippen molar-refractivity contribution in [2.75, 3.05) is 54.0 Å². The molecule has 0 unspecified atom stereocenters. The summed E-state index contributed by atoms with van der Waals surface area (Å²) in [7, 11) is 7.60. The minimum Gasteiger partial charge on any atom is -0.497 e. The van der Waals surface area contributed by atoms with Crippen molar-refractivity contribution in [3.8, 4) is 23.0 Å². The normalized spacial score (nSPS) is 13.5. The van der Waals surface area contributed by atoms with Crippen LogP contribution >= 0.6 is 0 Å². The first-order valence-electron chi connectivity index (χ1n) is 9.79. The fourth-order valence-electron chi connectivity index (χ4n) is 3.37. The molecule has 1 aliphatic heterocycles. The Bertz CT molecular complexity index is 1050. The molecule has 0 saturated heterocycles. The lowest BCUT2D eigenvalue weighted by Gasteiger charge is -2.15. The summed E-state index contributed by atoms with van der Waals surface area (Å²) in [6.07, 6.45) is 0. The molecule has 0 radical (unpaired) electrons. The van der Waals surface area contributed by atoms with Gasteiger partial charge in [-0.15, -0.1) is 0 Å². The highest BCUT2D eigenvalue weighted by atomic mass is 16.5. The van der Waals surface area contributed by atoms with Crippen LogP contribution in [-0.4, -0.2) is 65.4 Å². The molecule has 2 aromatic carbocycles. The third-order valence-corrected chi connectivity index (χ3v) is 5.03. The molecule has 3 rings (SSSR count). The number of carbonyl (C=O) groups excluding carboxylic acids is 2. The quantitative estimate of drug-likeness (QED) is 0.561. The first kappa shape index (κ1) is 23.0. The summed E-state index contributed by atoms with van der Waals surface area (Å²) < 4.78 is 26.4. The zero-order valence-electron chi connectivity index (χ0n) is 18.7. The van der Waals surface area contributed by atoms with Crippen LogP contribution in [0.2, 0.25) is 0 Å². The molecular formula is C23H26N2O7. The van der Waals surface area contributed by atoms with E-state index in [-0.39, 0.29) is 24.4 Å². The molecule has 170 valence electrons. The fourth-order valence-corrected chi connectivity index (χ4v) is 3.37. The first-order valence-corrected chi connectivity index (χ1v) is 9.79. The van der Waals surface area contributed by atoms with Crippen LogP contribution in [0.15, 0.2) is 42.1 Å². The monoisotopic (exact) mass is 442 g/mol. The van der Waals surface area contributed by atoms with Gasteiger partial charge in [0.15, 0.2) is 11.5 Å². The van der Waals surface area contributed by atoms with Crippen LogP contribution in [0.5, 0.6) is 23.0 Å². The van der Waals surface area contributed by atoms with Crippen LogP contribution < -0.4 is 24.3 Å². The molecule has 0 atom stereocenters. The van der Waals surface area contributed by atoms with Gasteiger partial charge >= 0.3 is 0 Å². The molecule has 0 spiro atoms. The van der Waals surface area contributed by atoms with Crippen molar-refractivity contribution in [2.45, 2.75) is 0 Å². The second-order valence-electron chi connectivity index (χ2n) is 6.77. The highest BCUT2D eigenvalue weighted by Gasteiger charge is 2.39. The van der Waals surface area contributed by atoms with E-state index in [1.54, 1.807) is 43.5 Å². The second-order valence-corrected chi connectivity index (χ2v) is 6.77. The Labute approximate surface area is 186 Å². The van der Waals surface area contributed by atoms with Gasteiger partial charge in [-0.25, -0.2) is 0 Å². The van der Waals surface area contributed by atoms with Crippen molar-refractivity contribution in [1.82, 2.24) is 4.90 Å². The Morgan fingerprint density at radius 1 is 0.781 bits per heavy atom. The van der Waals surface area contributed by atoms with E-state index < -0.39 is 11.8 Å². The summed E-state index contributed by atoms with van der Waals surface area (Å²) in [6, 6.07) is 10.2. The SMILES string of the molecule is COCCN1C(=O)C(Nc2ccc(OC)cc2OC)=C(c2ccc(OC)c(OC)c2)C1=O. The van der Waals surface area contributed by atoms with Crippen molar-refractivity contribution < 1.29 is 33.3 Å². The van der Waals surface area contributed by atoms with Crippen LogP contribution in [0, 0.1) is 0 Å². The summed E-state index contributed by atoms with van der Waals surface area (Å²) in [5, 5.41) is 3.09. The Morgan fingerprint density at radius 3 is 2.12 bits per heavy atom. The minimum atomic E-state index is -0.463. The molecule has 2 amide bonds. The topological polar surface area (TPSA) is 95.6 Å². The largest absolute Gasteiger partial charge is 0.497 e. The molecule has 9 nitrogen and oxygen atoms in total. The van der Waals surface area contributed by atoms with Gasteiger partial charge in [-0.2, -0.15) is 0 Å². The van der Waals surface area contributed by atoms with Gasteiger partial charge in [0.25, 0.3) is 11.8 Å². The predicted octanol–water partition coefficient (Wildman–Crippen LogP) is 2.56. The van der Waals surface area contributed by atoms with E-state index in [9.17, 15) is 9.59 Å². The van der Waals surface area contributed by atoms with E-state index in [0.29, 0.717) is 34.2 Å². The lowest BCUT2D eigenvalue weighted by Crippen LogP contribution is -2.35. The smallest absolute Gasteiger partial charge is 0.278 e. The first-order chi connectivity index (χ1) is 15.5. The Hall–Kier alpha value is -3.72. The van der Waals surface area contributed by atoms with E-state index in [1.807, 2.05) is 0 Å². The van der Waals surface area contributed by atoms with Gasteiger partial charge < -0.3 is 29.0 Å². The van der Waals surface area contributed by atoms with Gasteiger partial charge in [0.05, 0.1) is 52.9 Å². The fraction of sp³-hybridized carbons (Fsp3) is 0.304. The average molecular weight is 442 g/mol. The van der Waals surface area contributed by atoms with E-state index in [4.69, 9.17) is 23.7 Å². The van der Waals surface area contributed by atoms with E-state index >= 15 is 0 Å². The van der Waals surface area contributed by atoms with E-state index in [0.717, 1.165) is 4.90 Å². The van der Waals surface area contributed by atoms with Crippen LogP contribution in [0.3, 0.4) is 0 Å². The average Bonchev–Trinajstić information content (AvgIpc) is 3.06. The van der Waals surface area contributed by atoms with Crippen molar-refractivity contribution in [3.63, 3.8) is 0 Å². The number of benzene rings is 2. The zero-order chi connectivity index (χ0) is 23.3. The van der Waals surface area contributed by atoms with Crippen LogP contribution in [0.4, 0.5) is 5.69 Å². The third-order valence-electron chi connectivity index (χ3n) is 5.03. The summed E-state index contributed by atoms with van der Waals surface area (Å²) in [5.74, 6) is 1.10. The standard InChI is InChI=1S/C23H26N2O7/c1-28-11-10-25-22(26)20(14-6-9-17(30-3)19(12-14)32-5)21(23(25)27)24-16-8-7-15(29-2)13-18(16)31-4/h6-9,12-13,24H,10-11H2,1-5H3. The van der Waals surface area contributed by atoms with Crippen molar-refractivity contribution in [3.05, 3.63) is 47.7 Å². The van der Waals surface area contributed by atoms with Crippen LogP contribution in [0.25, 0.3) is 5.57 Å². The van der Waals surface area contributed by atoms with Gasteiger partial charge in [-0.1, -0.05) is 6.07 Å². The number of hydrogen-bond donors (Lipinski definition) is 1. The van der Waals surface area contributed by atoms with Gasteiger partial charge in [-0.05, 0) is 29.8 Å². The number of amides is 2. The Balaban J connectivity index is 2.11. The molecule has 32 heavy (non-hydrogen) atoms. The molecule has 0 aliphatic carbocycles. The molecule has 9 heteroatoms. The van der Waals surface area contributed by atoms with Crippen molar-refractivity contribution in [2.24, 2.45) is 0 Å². The number of methoxy groups -OCH3 is 5. The van der Waals surface area contributed by atoms with Crippen molar-refractivity contribution >= 4 is 23.1 Å². The maximum absolute atomic E-state index is 13.3. The highest BCUT2D eigenvalue weighted by Crippen LogP contribution is 2.37. The summed E-state index contributed by atoms with van der Waals surface area (Å²) in [5.41, 5.74) is 1.36. The molecule has 1 aliphatic rings. The summed E-state index contributed by atoms with van der Waals surface area (Å²) >= 11 is 0. The Kier molecular flexibility index (Phi) is 7.21. The zero-order valence-corrected chi connectivity index (χ0v) is 18.7. The van der Waals surface area contributed by atoms with Crippen LogP contribution in [0.1, 0.15) is 5.56 Å². The molecule has 1 heterocycles. The molecule has 0 bridgehead atoms.